The van der Waals surface area contributed by atoms with Crippen LogP contribution in [0.5, 0.6) is 0 Å². The SMILES string of the molecule is CC(C)(C)c1ccc(N2C(c3ccc([N+](=O)[O-])cc3)CCC2c2ccc([N+](=O)[O-])cc2)cc1. The van der Waals surface area contributed by atoms with Gasteiger partial charge in [0.2, 0.25) is 0 Å². The summed E-state index contributed by atoms with van der Waals surface area (Å²) in [5, 5.41) is 22.2. The van der Waals surface area contributed by atoms with E-state index in [1.807, 2.05) is 24.3 Å². The molecule has 4 rings (SSSR count). The van der Waals surface area contributed by atoms with Crippen LogP contribution in [0.25, 0.3) is 0 Å². The summed E-state index contributed by atoms with van der Waals surface area (Å²) < 4.78 is 0. The molecule has 0 bridgehead atoms. The summed E-state index contributed by atoms with van der Waals surface area (Å²) in [6.45, 7) is 6.53. The summed E-state index contributed by atoms with van der Waals surface area (Å²) in [5.41, 5.74) is 4.53. The molecule has 170 valence electrons. The highest BCUT2D eigenvalue weighted by Crippen LogP contribution is 2.47. The van der Waals surface area contributed by atoms with Gasteiger partial charge in [0.1, 0.15) is 0 Å². The second-order valence-corrected chi connectivity index (χ2v) is 9.51. The molecular formula is C26H27N3O4. The van der Waals surface area contributed by atoms with Gasteiger partial charge in [0.25, 0.3) is 11.4 Å². The van der Waals surface area contributed by atoms with Gasteiger partial charge in [-0.25, -0.2) is 0 Å². The fraction of sp³-hybridized carbons (Fsp3) is 0.308. The Labute approximate surface area is 193 Å². The van der Waals surface area contributed by atoms with Crippen LogP contribution in [-0.2, 0) is 5.41 Å². The van der Waals surface area contributed by atoms with Gasteiger partial charge in [-0.05, 0) is 47.1 Å². The highest BCUT2D eigenvalue weighted by Gasteiger charge is 2.36. The molecule has 7 heteroatoms. The Morgan fingerprint density at radius 2 is 1.09 bits per heavy atom. The Kier molecular flexibility index (Phi) is 5.89. The van der Waals surface area contributed by atoms with Crippen LogP contribution in [0.15, 0.2) is 72.8 Å². The first-order chi connectivity index (χ1) is 15.6. The normalized spacial score (nSPS) is 18.3. The number of nitrogens with zero attached hydrogens (tertiary/aromatic N) is 3. The van der Waals surface area contributed by atoms with Gasteiger partial charge in [-0.1, -0.05) is 57.2 Å². The van der Waals surface area contributed by atoms with Crippen LogP contribution in [0.4, 0.5) is 17.1 Å². The van der Waals surface area contributed by atoms with Gasteiger partial charge in [0.15, 0.2) is 0 Å². The number of nitro benzene ring substituents is 2. The van der Waals surface area contributed by atoms with E-state index in [-0.39, 0.29) is 38.7 Å². The quantitative estimate of drug-likeness (QED) is 0.315. The van der Waals surface area contributed by atoms with Crippen molar-refractivity contribution >= 4 is 17.1 Å². The van der Waals surface area contributed by atoms with Crippen LogP contribution >= 0.6 is 0 Å². The molecule has 1 aliphatic rings. The van der Waals surface area contributed by atoms with Crippen LogP contribution in [0, 0.1) is 20.2 Å². The van der Waals surface area contributed by atoms with E-state index in [0.717, 1.165) is 29.7 Å². The average molecular weight is 446 g/mol. The van der Waals surface area contributed by atoms with Crippen LogP contribution < -0.4 is 4.90 Å². The fourth-order valence-electron chi connectivity index (χ4n) is 4.60. The van der Waals surface area contributed by atoms with Gasteiger partial charge < -0.3 is 4.90 Å². The monoisotopic (exact) mass is 445 g/mol. The summed E-state index contributed by atoms with van der Waals surface area (Å²) in [4.78, 5) is 23.8. The van der Waals surface area contributed by atoms with Gasteiger partial charge in [0.05, 0.1) is 21.9 Å². The minimum atomic E-state index is -0.388. The Balaban J connectivity index is 1.73. The average Bonchev–Trinajstić information content (AvgIpc) is 3.24. The topological polar surface area (TPSA) is 89.5 Å². The third-order valence-corrected chi connectivity index (χ3v) is 6.39. The van der Waals surface area contributed by atoms with E-state index >= 15 is 0 Å². The smallest absolute Gasteiger partial charge is 0.269 e. The number of benzene rings is 3. The molecule has 0 radical (unpaired) electrons. The van der Waals surface area contributed by atoms with Crippen molar-refractivity contribution in [1.82, 2.24) is 0 Å². The molecule has 1 fully saturated rings. The van der Waals surface area contributed by atoms with Gasteiger partial charge in [-0.3, -0.25) is 20.2 Å². The summed E-state index contributed by atoms with van der Waals surface area (Å²) in [5.74, 6) is 0. The molecule has 1 heterocycles. The van der Waals surface area contributed by atoms with Crippen molar-refractivity contribution in [2.75, 3.05) is 4.90 Å². The molecule has 1 saturated heterocycles. The van der Waals surface area contributed by atoms with Crippen molar-refractivity contribution in [2.24, 2.45) is 0 Å². The molecule has 0 spiro atoms. The highest BCUT2D eigenvalue weighted by atomic mass is 16.6. The third-order valence-electron chi connectivity index (χ3n) is 6.39. The lowest BCUT2D eigenvalue weighted by molar-refractivity contribution is -0.385. The Hall–Kier alpha value is -3.74. The Morgan fingerprint density at radius 1 is 0.697 bits per heavy atom. The van der Waals surface area contributed by atoms with E-state index < -0.39 is 0 Å². The third kappa shape index (κ3) is 4.58. The largest absolute Gasteiger partial charge is 0.357 e. The van der Waals surface area contributed by atoms with Crippen molar-refractivity contribution in [3.63, 3.8) is 0 Å². The first-order valence-electron chi connectivity index (χ1n) is 11.0. The maximum atomic E-state index is 11.1. The maximum Gasteiger partial charge on any atom is 0.269 e. The number of rotatable bonds is 5. The second kappa shape index (κ2) is 8.65. The first-order valence-corrected chi connectivity index (χ1v) is 11.0. The van der Waals surface area contributed by atoms with E-state index in [1.165, 1.54) is 5.56 Å². The van der Waals surface area contributed by atoms with Gasteiger partial charge in [-0.15, -0.1) is 0 Å². The predicted octanol–water partition coefficient (Wildman–Crippen LogP) is 6.88. The summed E-state index contributed by atoms with van der Waals surface area (Å²) in [6, 6.07) is 22.2. The zero-order valence-corrected chi connectivity index (χ0v) is 19.0. The molecule has 0 aliphatic carbocycles. The molecule has 0 N–H and O–H groups in total. The molecule has 0 saturated carbocycles. The zero-order valence-electron chi connectivity index (χ0n) is 19.0. The summed E-state index contributed by atoms with van der Waals surface area (Å²) in [7, 11) is 0. The summed E-state index contributed by atoms with van der Waals surface area (Å²) >= 11 is 0. The summed E-state index contributed by atoms with van der Waals surface area (Å²) in [6.07, 6.45) is 1.75. The number of hydrogen-bond acceptors (Lipinski definition) is 5. The Bertz CT molecular complexity index is 1080. The van der Waals surface area contributed by atoms with Crippen molar-refractivity contribution in [3.05, 3.63) is 110 Å². The van der Waals surface area contributed by atoms with E-state index in [0.29, 0.717) is 0 Å². The van der Waals surface area contributed by atoms with Gasteiger partial charge in [0, 0.05) is 30.0 Å². The zero-order chi connectivity index (χ0) is 23.8. The van der Waals surface area contributed by atoms with Gasteiger partial charge >= 0.3 is 0 Å². The van der Waals surface area contributed by atoms with Crippen molar-refractivity contribution in [2.45, 2.75) is 51.1 Å². The minimum Gasteiger partial charge on any atom is -0.357 e. The molecule has 2 unspecified atom stereocenters. The van der Waals surface area contributed by atoms with Crippen LogP contribution in [0.2, 0.25) is 0 Å². The fourth-order valence-corrected chi connectivity index (χ4v) is 4.60. The van der Waals surface area contributed by atoms with E-state index in [4.69, 9.17) is 0 Å². The molecule has 3 aromatic rings. The molecule has 3 aromatic carbocycles. The molecule has 0 amide bonds. The second-order valence-electron chi connectivity index (χ2n) is 9.51. The van der Waals surface area contributed by atoms with Gasteiger partial charge in [-0.2, -0.15) is 0 Å². The molecular weight excluding hydrogens is 418 g/mol. The molecule has 33 heavy (non-hydrogen) atoms. The van der Waals surface area contributed by atoms with Crippen LogP contribution in [0.3, 0.4) is 0 Å². The van der Waals surface area contributed by atoms with E-state index in [1.54, 1.807) is 24.3 Å². The van der Waals surface area contributed by atoms with Crippen LogP contribution in [0.1, 0.15) is 62.4 Å². The molecule has 2 atom stereocenters. The lowest BCUT2D eigenvalue weighted by Gasteiger charge is -2.34. The number of nitro groups is 2. The molecule has 0 aromatic heterocycles. The lowest BCUT2D eigenvalue weighted by atomic mass is 9.87. The van der Waals surface area contributed by atoms with Crippen LogP contribution in [-0.4, -0.2) is 9.85 Å². The van der Waals surface area contributed by atoms with Crippen molar-refractivity contribution in [1.29, 1.82) is 0 Å². The maximum absolute atomic E-state index is 11.1. The predicted molar refractivity (Wildman–Crippen MR) is 129 cm³/mol. The van der Waals surface area contributed by atoms with E-state index in [2.05, 4.69) is 49.9 Å². The lowest BCUT2D eigenvalue weighted by Crippen LogP contribution is -2.26. The first kappa shape index (κ1) is 22.5. The Morgan fingerprint density at radius 3 is 1.42 bits per heavy atom. The highest BCUT2D eigenvalue weighted by molar-refractivity contribution is 5.55. The standard InChI is InChI=1S/C26H27N3O4/c1-26(2,3)20-8-14-21(15-9-20)27-24(18-4-10-22(11-5-18)28(30)31)16-17-25(27)19-6-12-23(13-7-19)29(32)33/h4-15,24-25H,16-17H2,1-3H3. The van der Waals surface area contributed by atoms with Crippen molar-refractivity contribution in [3.8, 4) is 0 Å². The molecule has 1 aliphatic heterocycles. The number of non-ortho nitro benzene ring substituents is 2. The van der Waals surface area contributed by atoms with Crippen molar-refractivity contribution < 1.29 is 9.85 Å². The number of anilines is 1. The molecule has 7 nitrogen and oxygen atoms in total. The minimum absolute atomic E-state index is 0.0407. The number of hydrogen-bond donors (Lipinski definition) is 0. The van der Waals surface area contributed by atoms with E-state index in [9.17, 15) is 20.2 Å².